The van der Waals surface area contributed by atoms with Crippen LogP contribution in [-0.2, 0) is 17.7 Å². The highest BCUT2D eigenvalue weighted by Gasteiger charge is 2.26. The molecular weight excluding hydrogens is 513 g/mol. The van der Waals surface area contributed by atoms with Crippen molar-refractivity contribution in [3.8, 4) is 5.95 Å². The van der Waals surface area contributed by atoms with Crippen LogP contribution < -0.4 is 16.4 Å². The first kappa shape index (κ1) is 25.4. The minimum absolute atomic E-state index is 0.0572. The lowest BCUT2D eigenvalue weighted by atomic mass is 10.1. The van der Waals surface area contributed by atoms with Gasteiger partial charge in [0.15, 0.2) is 11.6 Å². The van der Waals surface area contributed by atoms with Gasteiger partial charge in [0.25, 0.3) is 5.95 Å². The van der Waals surface area contributed by atoms with Crippen LogP contribution in [-0.4, -0.2) is 37.9 Å². The molecule has 1 amide bonds. The van der Waals surface area contributed by atoms with Crippen molar-refractivity contribution in [3.63, 3.8) is 0 Å². The number of amides is 1. The fourth-order valence-corrected chi connectivity index (χ4v) is 4.14. The second-order valence-corrected chi connectivity index (χ2v) is 8.48. The summed E-state index contributed by atoms with van der Waals surface area (Å²) in [5, 5.41) is 4.46. The molecule has 0 saturated heterocycles. The summed E-state index contributed by atoms with van der Waals surface area (Å²) < 4.78 is 48.3. The number of nitrogens with two attached hydrogens (primary N) is 2. The molecule has 3 aromatic heterocycles. The van der Waals surface area contributed by atoms with E-state index in [-0.39, 0.29) is 41.8 Å². The largest absolute Gasteiger partial charge is 0.452 e. The van der Waals surface area contributed by atoms with E-state index in [9.17, 15) is 18.0 Å². The fourth-order valence-electron chi connectivity index (χ4n) is 4.14. The van der Waals surface area contributed by atoms with E-state index in [1.54, 1.807) is 24.3 Å². The molecule has 4 N–H and O–H groups in total. The predicted octanol–water partition coefficient (Wildman–Crippen LogP) is 4.16. The van der Waals surface area contributed by atoms with Gasteiger partial charge in [-0.25, -0.2) is 22.9 Å². The maximum atomic E-state index is 14.3. The van der Waals surface area contributed by atoms with Crippen LogP contribution in [0.4, 0.5) is 35.3 Å². The maximum absolute atomic E-state index is 14.3. The lowest BCUT2D eigenvalue weighted by Crippen LogP contribution is -2.32. The Bertz CT molecular complexity index is 1690. The van der Waals surface area contributed by atoms with E-state index in [0.29, 0.717) is 22.3 Å². The predicted molar refractivity (Wildman–Crippen MR) is 137 cm³/mol. The number of pyridine rings is 1. The molecule has 0 spiro atoms. The Morgan fingerprint density at radius 2 is 1.74 bits per heavy atom. The van der Waals surface area contributed by atoms with Gasteiger partial charge in [0.05, 0.1) is 31.1 Å². The third-order valence-electron chi connectivity index (χ3n) is 5.88. The third-order valence-corrected chi connectivity index (χ3v) is 5.88. The minimum Gasteiger partial charge on any atom is -0.452 e. The SMILES string of the molecule is COC(=O)N(Cc1cccc(F)c1)c1c(N)nc(-n2nc(Cc3ccccc3F)c3ncc(F)cc32)nc1N. The number of fused-ring (bicyclic) bond motifs is 1. The topological polar surface area (TPSA) is 138 Å². The number of benzene rings is 2. The van der Waals surface area contributed by atoms with E-state index in [0.717, 1.165) is 18.2 Å². The highest BCUT2D eigenvalue weighted by atomic mass is 19.1. The number of carbonyl (C=O) groups is 1. The summed E-state index contributed by atoms with van der Waals surface area (Å²) in [5.41, 5.74) is 14.0. The summed E-state index contributed by atoms with van der Waals surface area (Å²) in [6.07, 6.45) is 0.241. The number of methoxy groups -OCH3 is 1. The van der Waals surface area contributed by atoms with Crippen LogP contribution in [0.3, 0.4) is 0 Å². The van der Waals surface area contributed by atoms with E-state index >= 15 is 0 Å². The zero-order valence-corrected chi connectivity index (χ0v) is 20.5. The molecule has 0 saturated carbocycles. The number of ether oxygens (including phenoxy) is 1. The molecular formula is C26H21F3N8O2. The van der Waals surface area contributed by atoms with Gasteiger partial charge in [0.2, 0.25) is 0 Å². The molecule has 0 atom stereocenters. The average Bonchev–Trinajstić information content (AvgIpc) is 3.25. The van der Waals surface area contributed by atoms with Crippen molar-refractivity contribution in [1.29, 1.82) is 0 Å². The van der Waals surface area contributed by atoms with E-state index < -0.39 is 23.5 Å². The molecule has 0 aliphatic heterocycles. The van der Waals surface area contributed by atoms with Gasteiger partial charge in [-0.3, -0.25) is 4.90 Å². The Balaban J connectivity index is 1.59. The molecule has 3 heterocycles. The van der Waals surface area contributed by atoms with Crippen molar-refractivity contribution in [1.82, 2.24) is 24.7 Å². The number of nitrogen functional groups attached to an aromatic ring is 2. The first-order valence-corrected chi connectivity index (χ1v) is 11.5. The first-order valence-electron chi connectivity index (χ1n) is 11.5. The lowest BCUT2D eigenvalue weighted by Gasteiger charge is -2.23. The molecule has 5 aromatic rings. The van der Waals surface area contributed by atoms with Crippen LogP contribution in [0.5, 0.6) is 0 Å². The number of carbonyl (C=O) groups excluding carboxylic acids is 1. The van der Waals surface area contributed by atoms with Gasteiger partial charge in [-0.2, -0.15) is 19.7 Å². The van der Waals surface area contributed by atoms with Crippen molar-refractivity contribution in [3.05, 3.63) is 95.1 Å². The maximum Gasteiger partial charge on any atom is 0.414 e. The van der Waals surface area contributed by atoms with Crippen molar-refractivity contribution >= 4 is 34.4 Å². The zero-order valence-electron chi connectivity index (χ0n) is 20.5. The number of hydrogen-bond acceptors (Lipinski definition) is 8. The molecule has 10 nitrogen and oxygen atoms in total. The summed E-state index contributed by atoms with van der Waals surface area (Å²) in [7, 11) is 1.16. The Hall–Kier alpha value is -5.20. The molecule has 0 unspecified atom stereocenters. The molecule has 13 heteroatoms. The molecule has 0 bridgehead atoms. The molecule has 0 aliphatic rings. The summed E-state index contributed by atoms with van der Waals surface area (Å²) in [6.45, 7) is -0.145. The van der Waals surface area contributed by atoms with Crippen LogP contribution in [0.2, 0.25) is 0 Å². The lowest BCUT2D eigenvalue weighted by molar-refractivity contribution is 0.178. The second kappa shape index (κ2) is 10.3. The molecule has 2 aromatic carbocycles. The summed E-state index contributed by atoms with van der Waals surface area (Å²) in [5.74, 6) is -2.15. The number of halogens is 3. The number of rotatable bonds is 6. The van der Waals surface area contributed by atoms with Crippen LogP contribution in [0.1, 0.15) is 16.8 Å². The van der Waals surface area contributed by atoms with Crippen molar-refractivity contribution in [2.24, 2.45) is 0 Å². The van der Waals surface area contributed by atoms with Gasteiger partial charge in [-0.15, -0.1) is 0 Å². The molecule has 0 fully saturated rings. The van der Waals surface area contributed by atoms with Crippen LogP contribution >= 0.6 is 0 Å². The Labute approximate surface area is 219 Å². The van der Waals surface area contributed by atoms with E-state index in [2.05, 4.69) is 20.1 Å². The second-order valence-electron chi connectivity index (χ2n) is 8.48. The highest BCUT2D eigenvalue weighted by Crippen LogP contribution is 2.32. The number of nitrogens with zero attached hydrogens (tertiary/aromatic N) is 6. The fraction of sp³-hybridized carbons (Fsp3) is 0.115. The van der Waals surface area contributed by atoms with Crippen LogP contribution in [0, 0.1) is 17.5 Å². The van der Waals surface area contributed by atoms with Gasteiger partial charge < -0.3 is 16.2 Å². The minimum atomic E-state index is -0.836. The third kappa shape index (κ3) is 5.01. The summed E-state index contributed by atoms with van der Waals surface area (Å²) in [6, 6.07) is 12.9. The molecule has 0 aliphatic carbocycles. The number of anilines is 3. The number of hydrogen-bond donors (Lipinski definition) is 2. The zero-order chi connectivity index (χ0) is 27.7. The standard InChI is InChI=1S/C26H21F3N8O2/c1-39-26(38)36(13-14-5-4-7-16(27)9-14)22-23(30)33-25(34-24(22)31)37-20-11-17(28)12-32-21(20)19(35-37)10-15-6-2-3-8-18(15)29/h2-9,11-12H,10,13H2,1H3,(H4,30,31,33,34). The summed E-state index contributed by atoms with van der Waals surface area (Å²) >= 11 is 0. The molecule has 198 valence electrons. The van der Waals surface area contributed by atoms with Crippen molar-refractivity contribution in [2.45, 2.75) is 13.0 Å². The van der Waals surface area contributed by atoms with Crippen molar-refractivity contribution < 1.29 is 22.7 Å². The van der Waals surface area contributed by atoms with Gasteiger partial charge >= 0.3 is 6.09 Å². The van der Waals surface area contributed by atoms with Gasteiger partial charge in [0, 0.05) is 12.5 Å². The van der Waals surface area contributed by atoms with Gasteiger partial charge in [-0.1, -0.05) is 30.3 Å². The van der Waals surface area contributed by atoms with E-state index in [1.807, 2.05) is 0 Å². The smallest absolute Gasteiger partial charge is 0.414 e. The Morgan fingerprint density at radius 1 is 1.00 bits per heavy atom. The monoisotopic (exact) mass is 534 g/mol. The number of aromatic nitrogens is 5. The average molecular weight is 535 g/mol. The molecule has 5 rings (SSSR count). The highest BCUT2D eigenvalue weighted by molar-refractivity contribution is 5.95. The molecule has 0 radical (unpaired) electrons. The Kier molecular flexibility index (Phi) is 6.71. The van der Waals surface area contributed by atoms with Gasteiger partial charge in [0.1, 0.15) is 28.7 Å². The quantitative estimate of drug-likeness (QED) is 0.331. The van der Waals surface area contributed by atoms with Crippen molar-refractivity contribution in [2.75, 3.05) is 23.5 Å². The van der Waals surface area contributed by atoms with Gasteiger partial charge in [-0.05, 0) is 29.3 Å². The first-order chi connectivity index (χ1) is 18.7. The normalized spacial score (nSPS) is 11.1. The van der Waals surface area contributed by atoms with E-state index in [1.165, 1.54) is 35.0 Å². The molecule has 39 heavy (non-hydrogen) atoms. The Morgan fingerprint density at radius 3 is 2.44 bits per heavy atom. The van der Waals surface area contributed by atoms with E-state index in [4.69, 9.17) is 16.2 Å². The van der Waals surface area contributed by atoms with Crippen LogP contribution in [0.15, 0.2) is 60.8 Å². The van der Waals surface area contributed by atoms with Crippen LogP contribution in [0.25, 0.3) is 17.0 Å². The summed E-state index contributed by atoms with van der Waals surface area (Å²) in [4.78, 5) is 26.3.